The molecular weight excluding hydrogens is 410 g/mol. The Morgan fingerprint density at radius 2 is 1.80 bits per heavy atom. The normalized spacial score (nSPS) is 21.1. The summed E-state index contributed by atoms with van der Waals surface area (Å²) in [6.45, 7) is 9.64. The first-order chi connectivity index (χ1) is 13.9. The van der Waals surface area contributed by atoms with Crippen LogP contribution < -0.4 is 5.46 Å². The molecule has 0 spiro atoms. The molecule has 0 amide bonds. The molecule has 2 aromatic rings. The molecule has 6 nitrogen and oxygen atoms in total. The van der Waals surface area contributed by atoms with Gasteiger partial charge in [-0.05, 0) is 52.5 Å². The third-order valence-corrected chi connectivity index (χ3v) is 6.92. The molecule has 30 heavy (non-hydrogen) atoms. The van der Waals surface area contributed by atoms with Crippen molar-refractivity contribution < 1.29 is 23.0 Å². The second-order valence-electron chi connectivity index (χ2n) is 9.44. The number of rotatable bonds is 6. The number of aryl methyl sites for hydroxylation is 1. The van der Waals surface area contributed by atoms with Crippen molar-refractivity contribution in [3.05, 3.63) is 40.3 Å². The summed E-state index contributed by atoms with van der Waals surface area (Å²) >= 11 is 6.27. The van der Waals surface area contributed by atoms with Crippen LogP contribution in [0.3, 0.4) is 0 Å². The molecule has 160 valence electrons. The number of nitrogens with zero attached hydrogens (tertiary/aromatic N) is 2. The Balaban J connectivity index is 1.45. The lowest BCUT2D eigenvalue weighted by Gasteiger charge is -2.32. The Bertz CT molecular complexity index is 987. The van der Waals surface area contributed by atoms with Gasteiger partial charge < -0.3 is 13.8 Å². The Morgan fingerprint density at radius 1 is 1.17 bits per heavy atom. The molecule has 4 rings (SSSR count). The number of Topliss-reactive ketones (excluding diaryl/α,β-unsaturated/α-hetero) is 1. The lowest BCUT2D eigenvalue weighted by atomic mass is 9.78. The van der Waals surface area contributed by atoms with Crippen molar-refractivity contribution in [3.63, 3.8) is 0 Å². The van der Waals surface area contributed by atoms with Gasteiger partial charge in [0.2, 0.25) is 17.5 Å². The Hall–Kier alpha value is -1.77. The van der Waals surface area contributed by atoms with Gasteiger partial charge in [0.1, 0.15) is 5.82 Å². The lowest BCUT2D eigenvalue weighted by molar-refractivity contribution is 0.00578. The number of halogens is 2. The van der Waals surface area contributed by atoms with Crippen LogP contribution in [0, 0.1) is 5.82 Å². The van der Waals surface area contributed by atoms with Crippen LogP contribution in [0.1, 0.15) is 76.0 Å². The van der Waals surface area contributed by atoms with E-state index in [0.29, 0.717) is 11.5 Å². The maximum atomic E-state index is 15.0. The van der Waals surface area contributed by atoms with Crippen LogP contribution in [0.25, 0.3) is 0 Å². The van der Waals surface area contributed by atoms with E-state index in [0.717, 1.165) is 12.8 Å². The summed E-state index contributed by atoms with van der Waals surface area (Å²) in [5.41, 5.74) is -0.484. The standard InChI is InChI=1S/C21H25BClFN2O4/c1-19(2)20(3,4)30-22(29-19)13-8-6-12(15(23)16(13)24)7-9-14(27)17-25-18(28-26-17)21(5)10-11-21/h6,8H,7,9-11H2,1-5H3. The van der Waals surface area contributed by atoms with E-state index in [9.17, 15) is 9.18 Å². The maximum absolute atomic E-state index is 15.0. The average Bonchev–Trinajstić information content (AvgIpc) is 3.13. The van der Waals surface area contributed by atoms with Crippen LogP contribution in [-0.2, 0) is 21.1 Å². The molecule has 1 saturated carbocycles. The third-order valence-electron chi connectivity index (χ3n) is 6.51. The highest BCUT2D eigenvalue weighted by Gasteiger charge is 2.52. The highest BCUT2D eigenvalue weighted by Crippen LogP contribution is 2.46. The predicted octanol–water partition coefficient (Wildman–Crippen LogP) is 4.03. The number of carbonyl (C=O) groups is 1. The summed E-state index contributed by atoms with van der Waals surface area (Å²) < 4.78 is 32.0. The SMILES string of the molecule is CC1(c2nc(C(=O)CCc3ccc(B4OC(C)(C)C(C)(C)O4)c(F)c3Cl)no2)CC1. The minimum atomic E-state index is -0.843. The molecule has 2 fully saturated rings. The average molecular weight is 435 g/mol. The van der Waals surface area contributed by atoms with Crippen LogP contribution in [0.4, 0.5) is 4.39 Å². The molecule has 0 unspecified atom stereocenters. The zero-order valence-electron chi connectivity index (χ0n) is 17.8. The Morgan fingerprint density at radius 3 is 2.40 bits per heavy atom. The van der Waals surface area contributed by atoms with E-state index in [-0.39, 0.29) is 40.3 Å². The van der Waals surface area contributed by atoms with Gasteiger partial charge in [-0.3, -0.25) is 4.79 Å². The fourth-order valence-corrected chi connectivity index (χ4v) is 3.56. The minimum absolute atomic E-state index is 0.0331. The van der Waals surface area contributed by atoms with Crippen molar-refractivity contribution in [1.29, 1.82) is 0 Å². The van der Waals surface area contributed by atoms with E-state index < -0.39 is 24.1 Å². The monoisotopic (exact) mass is 434 g/mol. The van der Waals surface area contributed by atoms with Gasteiger partial charge in [0.05, 0.1) is 16.2 Å². The van der Waals surface area contributed by atoms with E-state index in [1.165, 1.54) is 0 Å². The molecule has 0 bridgehead atoms. The van der Waals surface area contributed by atoms with Gasteiger partial charge in [-0.2, -0.15) is 4.98 Å². The van der Waals surface area contributed by atoms with Crippen molar-refractivity contribution in [3.8, 4) is 0 Å². The fraction of sp³-hybridized carbons (Fsp3) is 0.571. The molecule has 1 aliphatic heterocycles. The van der Waals surface area contributed by atoms with Gasteiger partial charge >= 0.3 is 7.12 Å². The molecule has 1 aliphatic carbocycles. The van der Waals surface area contributed by atoms with Gasteiger partial charge in [0.25, 0.3) is 0 Å². The third kappa shape index (κ3) is 3.70. The number of hydrogen-bond acceptors (Lipinski definition) is 6. The number of carbonyl (C=O) groups excluding carboxylic acids is 1. The van der Waals surface area contributed by atoms with Crippen molar-refractivity contribution >= 4 is 30.0 Å². The second kappa shape index (κ2) is 7.14. The molecule has 0 atom stereocenters. The molecule has 9 heteroatoms. The summed E-state index contributed by atoms with van der Waals surface area (Å²) in [5.74, 6) is -0.297. The predicted molar refractivity (Wildman–Crippen MR) is 111 cm³/mol. The zero-order chi connectivity index (χ0) is 21.9. The van der Waals surface area contributed by atoms with Gasteiger partial charge in [-0.15, -0.1) is 0 Å². The zero-order valence-corrected chi connectivity index (χ0v) is 18.6. The minimum Gasteiger partial charge on any atom is -0.399 e. The van der Waals surface area contributed by atoms with Gasteiger partial charge in [-0.1, -0.05) is 35.8 Å². The van der Waals surface area contributed by atoms with Crippen molar-refractivity contribution in [2.75, 3.05) is 0 Å². The molecule has 0 N–H and O–H groups in total. The van der Waals surface area contributed by atoms with E-state index >= 15 is 0 Å². The highest BCUT2D eigenvalue weighted by molar-refractivity contribution is 6.62. The van der Waals surface area contributed by atoms with E-state index in [2.05, 4.69) is 10.1 Å². The number of ketones is 1. The molecule has 2 heterocycles. The summed E-state index contributed by atoms with van der Waals surface area (Å²) in [5, 5.41) is 3.76. The highest BCUT2D eigenvalue weighted by atomic mass is 35.5. The van der Waals surface area contributed by atoms with E-state index in [4.69, 9.17) is 25.4 Å². The van der Waals surface area contributed by atoms with Crippen LogP contribution >= 0.6 is 11.6 Å². The van der Waals surface area contributed by atoms with Gasteiger partial charge in [0, 0.05) is 17.3 Å². The summed E-state index contributed by atoms with van der Waals surface area (Å²) in [7, 11) is -0.843. The number of benzene rings is 1. The van der Waals surface area contributed by atoms with Crippen molar-refractivity contribution in [2.24, 2.45) is 0 Å². The smallest absolute Gasteiger partial charge is 0.399 e. The molecule has 0 radical (unpaired) electrons. The Labute approximate surface area is 180 Å². The largest absolute Gasteiger partial charge is 0.497 e. The quantitative estimate of drug-likeness (QED) is 0.505. The van der Waals surface area contributed by atoms with Crippen LogP contribution in [0.2, 0.25) is 5.02 Å². The first-order valence-electron chi connectivity index (χ1n) is 10.1. The molecule has 1 aromatic carbocycles. The first kappa shape index (κ1) is 21.5. The molecule has 1 saturated heterocycles. The topological polar surface area (TPSA) is 74.5 Å². The van der Waals surface area contributed by atoms with Gasteiger partial charge in [-0.25, -0.2) is 4.39 Å². The Kier molecular flexibility index (Phi) is 5.11. The molecular formula is C21H25BClFN2O4. The molecule has 1 aromatic heterocycles. The van der Waals surface area contributed by atoms with Crippen LogP contribution in [0.15, 0.2) is 16.7 Å². The van der Waals surface area contributed by atoms with Crippen molar-refractivity contribution in [1.82, 2.24) is 10.1 Å². The maximum Gasteiger partial charge on any atom is 0.497 e. The summed E-state index contributed by atoms with van der Waals surface area (Å²) in [6, 6.07) is 3.30. The fourth-order valence-electron chi connectivity index (χ4n) is 3.29. The first-order valence-corrected chi connectivity index (χ1v) is 10.5. The van der Waals surface area contributed by atoms with E-state index in [1.807, 2.05) is 34.6 Å². The van der Waals surface area contributed by atoms with E-state index in [1.54, 1.807) is 12.1 Å². The van der Waals surface area contributed by atoms with Crippen LogP contribution in [-0.4, -0.2) is 34.2 Å². The summed E-state index contributed by atoms with van der Waals surface area (Å²) in [6.07, 6.45) is 2.32. The molecule has 2 aliphatic rings. The number of hydrogen-bond donors (Lipinski definition) is 0. The number of aromatic nitrogens is 2. The van der Waals surface area contributed by atoms with Crippen molar-refractivity contribution in [2.45, 2.75) is 76.9 Å². The summed E-state index contributed by atoms with van der Waals surface area (Å²) in [4.78, 5) is 16.7. The second-order valence-corrected chi connectivity index (χ2v) is 9.82. The van der Waals surface area contributed by atoms with Gasteiger partial charge in [0.15, 0.2) is 0 Å². The lowest BCUT2D eigenvalue weighted by Crippen LogP contribution is -2.41. The van der Waals surface area contributed by atoms with Crippen LogP contribution in [0.5, 0.6) is 0 Å².